The number of allylic oxidation sites excluding steroid dienone is 1. The van der Waals surface area contributed by atoms with Crippen molar-refractivity contribution in [3.63, 3.8) is 0 Å². The fourth-order valence-electron chi connectivity index (χ4n) is 8.73. The van der Waals surface area contributed by atoms with Gasteiger partial charge in [0.2, 0.25) is 5.91 Å². The number of aromatic nitrogens is 2. The molecular weight excluding hydrogens is 462 g/mol. The number of fused-ring (bicyclic) bond motifs is 7. The van der Waals surface area contributed by atoms with Crippen LogP contribution in [0.15, 0.2) is 11.6 Å². The van der Waals surface area contributed by atoms with Gasteiger partial charge in [-0.2, -0.15) is 10.2 Å². The van der Waals surface area contributed by atoms with Crippen molar-refractivity contribution in [3.8, 4) is 0 Å². The van der Waals surface area contributed by atoms with Crippen LogP contribution in [0, 0.1) is 36.0 Å². The van der Waals surface area contributed by atoms with Gasteiger partial charge in [-0.1, -0.05) is 32.4 Å². The summed E-state index contributed by atoms with van der Waals surface area (Å²) in [5.74, 6) is 2.28. The van der Waals surface area contributed by atoms with E-state index in [1.807, 2.05) is 0 Å². The van der Waals surface area contributed by atoms with Crippen LogP contribution < -0.4 is 5.32 Å². The third-order valence-electron chi connectivity index (χ3n) is 10.7. The second kappa shape index (κ2) is 9.81. The molecule has 6 heteroatoms. The molecule has 1 heterocycles. The number of aryl methyl sites for hydroxylation is 1. The predicted octanol–water partition coefficient (Wildman–Crippen LogP) is 5.40. The first-order valence-electron chi connectivity index (χ1n) is 14.5. The Morgan fingerprint density at radius 1 is 1.11 bits per heavy atom. The van der Waals surface area contributed by atoms with Crippen molar-refractivity contribution in [1.29, 1.82) is 0 Å². The van der Waals surface area contributed by atoms with E-state index in [9.17, 15) is 9.59 Å². The van der Waals surface area contributed by atoms with E-state index >= 15 is 0 Å². The van der Waals surface area contributed by atoms with Gasteiger partial charge >= 0.3 is 5.97 Å². The number of nitrogens with one attached hydrogen (secondary N) is 1. The lowest BCUT2D eigenvalue weighted by molar-refractivity contribution is -0.148. The molecule has 1 N–H and O–H groups in total. The summed E-state index contributed by atoms with van der Waals surface area (Å²) in [7, 11) is 0. The van der Waals surface area contributed by atoms with Crippen LogP contribution in [0.25, 0.3) is 0 Å². The normalized spacial score (nSPS) is 34.8. The van der Waals surface area contributed by atoms with E-state index in [-0.39, 0.29) is 28.8 Å². The molecule has 7 atom stereocenters. The van der Waals surface area contributed by atoms with Crippen LogP contribution in [-0.4, -0.2) is 34.7 Å². The minimum atomic E-state index is -0.155. The Bertz CT molecular complexity index is 1110. The first-order chi connectivity index (χ1) is 17.5. The molecule has 2 saturated carbocycles. The quantitative estimate of drug-likeness (QED) is 0.412. The minimum absolute atomic E-state index is 0.0332. The summed E-state index contributed by atoms with van der Waals surface area (Å²) in [6.45, 7) is 13.3. The summed E-state index contributed by atoms with van der Waals surface area (Å²) >= 11 is 0. The van der Waals surface area contributed by atoms with Crippen molar-refractivity contribution in [3.05, 3.63) is 34.2 Å². The average molecular weight is 508 g/mol. The van der Waals surface area contributed by atoms with Gasteiger partial charge in [-0.15, -0.1) is 0 Å². The third-order valence-corrected chi connectivity index (χ3v) is 10.7. The van der Waals surface area contributed by atoms with E-state index in [0.29, 0.717) is 30.2 Å². The van der Waals surface area contributed by atoms with E-state index < -0.39 is 0 Å². The Morgan fingerprint density at radius 3 is 2.59 bits per heavy atom. The van der Waals surface area contributed by atoms with Gasteiger partial charge in [-0.05, 0) is 104 Å². The fourth-order valence-corrected chi connectivity index (χ4v) is 8.73. The molecule has 0 bridgehead atoms. The Kier molecular flexibility index (Phi) is 6.99. The average Bonchev–Trinajstić information content (AvgIpc) is 3.15. The number of rotatable bonds is 6. The highest BCUT2D eigenvalue weighted by Gasteiger charge is 2.58. The molecule has 2 fully saturated rings. The molecule has 4 aliphatic rings. The summed E-state index contributed by atoms with van der Waals surface area (Å²) < 4.78 is 5.62. The molecule has 0 unspecified atom stereocenters. The van der Waals surface area contributed by atoms with Gasteiger partial charge in [0, 0.05) is 26.8 Å². The molecule has 1 amide bonds. The number of carbonyl (C=O) groups is 2. The highest BCUT2D eigenvalue weighted by molar-refractivity contribution is 5.72. The highest BCUT2D eigenvalue weighted by Crippen LogP contribution is 2.64. The number of carbonyl (C=O) groups excluding carboxylic acids is 2. The molecule has 6 nitrogen and oxygen atoms in total. The molecule has 1 aromatic heterocycles. The molecule has 37 heavy (non-hydrogen) atoms. The lowest BCUT2D eigenvalue weighted by atomic mass is 9.47. The van der Waals surface area contributed by atoms with Gasteiger partial charge < -0.3 is 10.1 Å². The molecule has 202 valence electrons. The van der Waals surface area contributed by atoms with E-state index in [1.165, 1.54) is 42.2 Å². The molecule has 0 saturated heterocycles. The zero-order valence-corrected chi connectivity index (χ0v) is 23.7. The molecule has 0 aliphatic heterocycles. The van der Waals surface area contributed by atoms with Gasteiger partial charge in [0.25, 0.3) is 0 Å². The SMILES string of the molecule is CC(=O)NC[C@H](C)CCc1nnc2c(c1C)[C@@]1(C)CC[C@@H]3[C@@H](CC=C4C[C@@H](OC(C)=O)CC[C@@]43C)[C@@H]1C2. The minimum Gasteiger partial charge on any atom is -0.462 e. The Morgan fingerprint density at radius 2 is 1.86 bits per heavy atom. The summed E-state index contributed by atoms with van der Waals surface area (Å²) in [6.07, 6.45) is 12.2. The van der Waals surface area contributed by atoms with Crippen molar-refractivity contribution in [2.45, 2.75) is 111 Å². The largest absolute Gasteiger partial charge is 0.462 e. The lowest BCUT2D eigenvalue weighted by Crippen LogP contribution is -2.51. The second-order valence-electron chi connectivity index (χ2n) is 13.1. The number of ether oxygens (including phenoxy) is 1. The molecule has 0 aromatic carbocycles. The molecule has 4 aliphatic carbocycles. The Balaban J connectivity index is 1.35. The maximum absolute atomic E-state index is 11.6. The van der Waals surface area contributed by atoms with E-state index in [1.54, 1.807) is 6.92 Å². The van der Waals surface area contributed by atoms with Crippen LogP contribution in [0.2, 0.25) is 0 Å². The van der Waals surface area contributed by atoms with Crippen molar-refractivity contribution >= 4 is 11.9 Å². The summed E-state index contributed by atoms with van der Waals surface area (Å²) in [6, 6.07) is 0. The zero-order chi connectivity index (χ0) is 26.5. The van der Waals surface area contributed by atoms with Crippen LogP contribution in [0.4, 0.5) is 0 Å². The van der Waals surface area contributed by atoms with Gasteiger partial charge in [-0.25, -0.2) is 0 Å². The number of hydrogen-bond acceptors (Lipinski definition) is 5. The van der Waals surface area contributed by atoms with E-state index in [4.69, 9.17) is 14.9 Å². The first kappa shape index (κ1) is 26.4. The Labute approximate surface area is 222 Å². The van der Waals surface area contributed by atoms with Crippen LogP contribution in [-0.2, 0) is 32.6 Å². The number of hydrogen-bond donors (Lipinski definition) is 1. The van der Waals surface area contributed by atoms with Crippen molar-refractivity contribution < 1.29 is 14.3 Å². The van der Waals surface area contributed by atoms with Gasteiger partial charge in [0.1, 0.15) is 6.10 Å². The molecule has 5 rings (SSSR count). The zero-order valence-electron chi connectivity index (χ0n) is 23.7. The van der Waals surface area contributed by atoms with E-state index in [2.05, 4.69) is 39.1 Å². The Hall–Kier alpha value is -2.24. The van der Waals surface area contributed by atoms with Gasteiger partial charge in [0.15, 0.2) is 0 Å². The lowest BCUT2D eigenvalue weighted by Gasteiger charge is -2.57. The molecular formula is C31H45N3O3. The summed E-state index contributed by atoms with van der Waals surface area (Å²) in [5.41, 5.74) is 7.17. The molecule has 0 spiro atoms. The van der Waals surface area contributed by atoms with Crippen molar-refractivity contribution in [1.82, 2.24) is 15.5 Å². The van der Waals surface area contributed by atoms with Crippen LogP contribution in [0.3, 0.4) is 0 Å². The maximum atomic E-state index is 11.6. The number of amides is 1. The molecule has 0 radical (unpaired) electrons. The van der Waals surface area contributed by atoms with Crippen LogP contribution >= 0.6 is 0 Å². The fraction of sp³-hybridized carbons (Fsp3) is 0.742. The van der Waals surface area contributed by atoms with Crippen molar-refractivity contribution in [2.24, 2.45) is 29.1 Å². The standard InChI is InChI=1S/C31H45N3O3/c1-18(17-32-20(3)35)7-10-27-19(2)29-28(34-33-27)16-26-24-9-8-22-15-23(37-21(4)36)11-13-30(22,5)25(24)12-14-31(26,29)6/h8,18,23-26H,7,9-17H2,1-6H3,(H,32,35)/t18-,23+,24-,25-,26+,30+,31+/m1/s1. The summed E-state index contributed by atoms with van der Waals surface area (Å²) in [4.78, 5) is 22.8. The topological polar surface area (TPSA) is 81.2 Å². The smallest absolute Gasteiger partial charge is 0.302 e. The molecule has 1 aromatic rings. The summed E-state index contributed by atoms with van der Waals surface area (Å²) in [5, 5.41) is 12.5. The van der Waals surface area contributed by atoms with Gasteiger partial charge in [-0.3, -0.25) is 9.59 Å². The first-order valence-corrected chi connectivity index (χ1v) is 14.5. The monoisotopic (exact) mass is 507 g/mol. The highest BCUT2D eigenvalue weighted by atomic mass is 16.5. The number of esters is 1. The van der Waals surface area contributed by atoms with E-state index in [0.717, 1.165) is 50.6 Å². The predicted molar refractivity (Wildman–Crippen MR) is 144 cm³/mol. The number of nitrogens with zero attached hydrogens (tertiary/aromatic N) is 2. The third kappa shape index (κ3) is 4.63. The van der Waals surface area contributed by atoms with Crippen molar-refractivity contribution in [2.75, 3.05) is 6.54 Å². The van der Waals surface area contributed by atoms with Gasteiger partial charge in [0.05, 0.1) is 11.4 Å². The maximum Gasteiger partial charge on any atom is 0.302 e. The van der Waals surface area contributed by atoms with Crippen LogP contribution in [0.1, 0.15) is 102 Å². The second-order valence-corrected chi connectivity index (χ2v) is 13.1. The van der Waals surface area contributed by atoms with Crippen LogP contribution in [0.5, 0.6) is 0 Å².